The summed E-state index contributed by atoms with van der Waals surface area (Å²) in [6.07, 6.45) is -1.11. The van der Waals surface area contributed by atoms with Crippen LogP contribution in [0.1, 0.15) is 0 Å². The van der Waals surface area contributed by atoms with Crippen molar-refractivity contribution in [3.8, 4) is 11.5 Å². The van der Waals surface area contributed by atoms with Crippen LogP contribution in [0.5, 0.6) is 11.5 Å². The lowest BCUT2D eigenvalue weighted by Crippen LogP contribution is -2.33. The first-order valence-electron chi connectivity index (χ1n) is 9.51. The molecule has 0 aliphatic carbocycles. The Morgan fingerprint density at radius 1 is 1.10 bits per heavy atom. The predicted molar refractivity (Wildman–Crippen MR) is 110 cm³/mol. The molecule has 0 amide bonds. The van der Waals surface area contributed by atoms with Gasteiger partial charge in [0.1, 0.15) is 24.4 Å². The molecular weight excluding hydrogens is 413 g/mol. The van der Waals surface area contributed by atoms with Gasteiger partial charge in [0.25, 0.3) is 0 Å². The molecule has 9 heteroatoms. The van der Waals surface area contributed by atoms with Crippen LogP contribution in [-0.2, 0) is 9.47 Å². The van der Waals surface area contributed by atoms with E-state index >= 15 is 0 Å². The summed E-state index contributed by atoms with van der Waals surface area (Å²) in [6, 6.07) is 10.9. The van der Waals surface area contributed by atoms with Crippen molar-refractivity contribution in [3.05, 3.63) is 47.7 Å². The van der Waals surface area contributed by atoms with Crippen molar-refractivity contribution in [1.29, 1.82) is 0 Å². The van der Waals surface area contributed by atoms with Crippen LogP contribution in [0.2, 0.25) is 5.02 Å². The number of halogens is 2. The van der Waals surface area contributed by atoms with Crippen LogP contribution in [0, 0.1) is 0 Å². The Hall–Kier alpha value is -2.68. The van der Waals surface area contributed by atoms with E-state index in [1.807, 2.05) is 12.1 Å². The van der Waals surface area contributed by atoms with E-state index in [1.165, 1.54) is 6.33 Å². The summed E-state index contributed by atoms with van der Waals surface area (Å²) in [5, 5.41) is 4.62. The molecule has 30 heavy (non-hydrogen) atoms. The third-order valence-electron chi connectivity index (χ3n) is 5.23. The minimum atomic E-state index is -1.13. The number of aromatic nitrogens is 2. The fraction of sp³-hybridized carbons (Fsp3) is 0.333. The van der Waals surface area contributed by atoms with Crippen molar-refractivity contribution < 1.29 is 23.3 Å². The van der Waals surface area contributed by atoms with Gasteiger partial charge >= 0.3 is 0 Å². The molecule has 2 unspecified atom stereocenters. The van der Waals surface area contributed by atoms with E-state index in [9.17, 15) is 4.39 Å². The number of rotatable bonds is 5. The number of nitrogens with zero attached hydrogens (tertiary/aromatic N) is 2. The van der Waals surface area contributed by atoms with Crippen molar-refractivity contribution >= 4 is 34.0 Å². The van der Waals surface area contributed by atoms with Crippen LogP contribution in [0.3, 0.4) is 0 Å². The number of nitrogens with one attached hydrogen (secondary N) is 1. The summed E-state index contributed by atoms with van der Waals surface area (Å²) in [5.74, 6) is 1.60. The predicted octanol–water partition coefficient (Wildman–Crippen LogP) is 3.92. The molecule has 0 spiro atoms. The zero-order valence-corrected chi connectivity index (χ0v) is 16.8. The average molecular weight is 432 g/mol. The van der Waals surface area contributed by atoms with Gasteiger partial charge in [-0.25, -0.2) is 14.4 Å². The van der Waals surface area contributed by atoms with Crippen LogP contribution in [0.4, 0.5) is 15.9 Å². The lowest BCUT2D eigenvalue weighted by Gasteiger charge is -2.20. The molecule has 0 bridgehead atoms. The van der Waals surface area contributed by atoms with Crippen LogP contribution >= 0.6 is 11.6 Å². The standard InChI is InChI=1S/C21H19ClFN3O4/c1-27-16-6-13-15(24-10-25-21(13)26-12-4-2-3-11(22)5-12)7-17(16)30-18-9-29-19-14(23)8-28-20(18)19/h2-7,10,14,18-20H,8-9H2,1H3,(H,24,25,26)/t14?,18?,19-,20-/m0/s1. The quantitative estimate of drug-likeness (QED) is 0.656. The molecule has 156 valence electrons. The summed E-state index contributed by atoms with van der Waals surface area (Å²) >= 11 is 6.07. The smallest absolute Gasteiger partial charge is 0.164 e. The van der Waals surface area contributed by atoms with Crippen molar-refractivity contribution in [1.82, 2.24) is 9.97 Å². The Morgan fingerprint density at radius 3 is 2.80 bits per heavy atom. The second-order valence-corrected chi connectivity index (χ2v) is 7.58. The highest BCUT2D eigenvalue weighted by atomic mass is 35.5. The third kappa shape index (κ3) is 3.51. The van der Waals surface area contributed by atoms with Gasteiger partial charge in [-0.3, -0.25) is 0 Å². The van der Waals surface area contributed by atoms with Crippen molar-refractivity contribution in [2.24, 2.45) is 0 Å². The van der Waals surface area contributed by atoms with E-state index in [2.05, 4.69) is 15.3 Å². The number of methoxy groups -OCH3 is 1. The minimum Gasteiger partial charge on any atom is -0.493 e. The van der Waals surface area contributed by atoms with Crippen molar-refractivity contribution in [2.45, 2.75) is 24.5 Å². The molecule has 5 rings (SSSR count). The van der Waals surface area contributed by atoms with E-state index in [0.717, 1.165) is 11.1 Å². The fourth-order valence-electron chi connectivity index (χ4n) is 3.80. The van der Waals surface area contributed by atoms with Crippen LogP contribution in [0.15, 0.2) is 42.7 Å². The van der Waals surface area contributed by atoms with Gasteiger partial charge in [0.2, 0.25) is 0 Å². The van der Waals surface area contributed by atoms with Crippen LogP contribution in [-0.4, -0.2) is 54.8 Å². The van der Waals surface area contributed by atoms with Gasteiger partial charge in [-0.1, -0.05) is 17.7 Å². The first-order valence-corrected chi connectivity index (χ1v) is 9.89. The third-order valence-corrected chi connectivity index (χ3v) is 5.47. The van der Waals surface area contributed by atoms with E-state index < -0.39 is 24.5 Å². The minimum absolute atomic E-state index is 0.0236. The summed E-state index contributed by atoms with van der Waals surface area (Å²) in [5.41, 5.74) is 1.46. The molecule has 3 aromatic rings. The monoisotopic (exact) mass is 431 g/mol. The maximum atomic E-state index is 13.8. The molecule has 2 aromatic carbocycles. The van der Waals surface area contributed by atoms with E-state index in [0.29, 0.717) is 27.9 Å². The van der Waals surface area contributed by atoms with Crippen LogP contribution < -0.4 is 14.8 Å². The SMILES string of the molecule is COc1cc2c(Nc3cccc(Cl)c3)ncnc2cc1OC1CO[C@H]2C(F)CO[C@@H]12. The number of fused-ring (bicyclic) bond motifs is 2. The van der Waals surface area contributed by atoms with Crippen LogP contribution in [0.25, 0.3) is 10.9 Å². The maximum absolute atomic E-state index is 13.8. The Bertz CT molecular complexity index is 1090. The van der Waals surface area contributed by atoms with Crippen molar-refractivity contribution in [3.63, 3.8) is 0 Å². The maximum Gasteiger partial charge on any atom is 0.164 e. The van der Waals surface area contributed by atoms with Gasteiger partial charge in [-0.15, -0.1) is 0 Å². The summed E-state index contributed by atoms with van der Waals surface area (Å²) in [4.78, 5) is 8.70. The molecule has 3 heterocycles. The van der Waals surface area contributed by atoms with E-state index in [4.69, 9.17) is 30.5 Å². The lowest BCUT2D eigenvalue weighted by molar-refractivity contribution is 0.0271. The molecule has 0 saturated carbocycles. The molecule has 2 aliphatic heterocycles. The number of benzene rings is 2. The second-order valence-electron chi connectivity index (χ2n) is 7.15. The van der Waals surface area contributed by atoms with Gasteiger partial charge in [0.15, 0.2) is 23.8 Å². The molecule has 0 radical (unpaired) electrons. The van der Waals surface area contributed by atoms with E-state index in [1.54, 1.807) is 31.4 Å². The normalized spacial score (nSPS) is 25.3. The number of ether oxygens (including phenoxy) is 4. The molecule has 2 fully saturated rings. The highest BCUT2D eigenvalue weighted by Gasteiger charge is 2.49. The Kier molecular flexibility index (Phi) is 5.06. The molecule has 7 nitrogen and oxygen atoms in total. The first kappa shape index (κ1) is 19.3. The Labute approximate surface area is 177 Å². The number of hydrogen-bond donors (Lipinski definition) is 1. The van der Waals surface area contributed by atoms with Crippen molar-refractivity contribution in [2.75, 3.05) is 25.6 Å². The Balaban J connectivity index is 1.46. The summed E-state index contributed by atoms with van der Waals surface area (Å²) in [7, 11) is 1.56. The molecule has 4 atom stereocenters. The summed E-state index contributed by atoms with van der Waals surface area (Å²) < 4.78 is 36.5. The van der Waals surface area contributed by atoms with Gasteiger partial charge < -0.3 is 24.3 Å². The summed E-state index contributed by atoms with van der Waals surface area (Å²) in [6.45, 7) is 0.276. The number of hydrogen-bond acceptors (Lipinski definition) is 7. The molecular formula is C21H19ClFN3O4. The van der Waals surface area contributed by atoms with Gasteiger partial charge in [-0.05, 0) is 24.3 Å². The highest BCUT2D eigenvalue weighted by molar-refractivity contribution is 6.30. The zero-order valence-electron chi connectivity index (χ0n) is 16.0. The molecule has 2 aliphatic rings. The highest BCUT2D eigenvalue weighted by Crippen LogP contribution is 2.38. The van der Waals surface area contributed by atoms with Gasteiger partial charge in [0.05, 0.1) is 25.8 Å². The second kappa shape index (κ2) is 7.86. The van der Waals surface area contributed by atoms with E-state index in [-0.39, 0.29) is 13.2 Å². The lowest BCUT2D eigenvalue weighted by atomic mass is 10.1. The largest absolute Gasteiger partial charge is 0.493 e. The fourth-order valence-corrected chi connectivity index (χ4v) is 3.99. The Morgan fingerprint density at radius 2 is 1.97 bits per heavy atom. The molecule has 1 N–H and O–H groups in total. The first-order chi connectivity index (χ1) is 14.6. The molecule has 1 aromatic heterocycles. The van der Waals surface area contributed by atoms with Gasteiger partial charge in [-0.2, -0.15) is 0 Å². The average Bonchev–Trinajstić information content (AvgIpc) is 3.31. The number of alkyl halides is 1. The topological polar surface area (TPSA) is 74.7 Å². The molecule has 2 saturated heterocycles. The van der Waals surface area contributed by atoms with Gasteiger partial charge in [0, 0.05) is 22.2 Å². The number of anilines is 2. The zero-order chi connectivity index (χ0) is 20.7.